The van der Waals surface area contributed by atoms with Crippen LogP contribution in [0.3, 0.4) is 0 Å². The molecule has 0 aliphatic carbocycles. The van der Waals surface area contributed by atoms with Gasteiger partial charge in [-0.25, -0.2) is 0 Å². The number of aromatic nitrogens is 2. The number of likely N-dealkylation sites (tertiary alicyclic amines) is 1. The Labute approximate surface area is 138 Å². The van der Waals surface area contributed by atoms with Crippen molar-refractivity contribution in [3.63, 3.8) is 0 Å². The molecule has 3 rings (SSSR count). The number of carbonyl (C=O) groups excluding carboxylic acids is 1. The number of amides is 1. The molecule has 0 saturated carbocycles. The van der Waals surface area contributed by atoms with Gasteiger partial charge in [-0.2, -0.15) is 5.10 Å². The van der Waals surface area contributed by atoms with E-state index in [9.17, 15) is 4.79 Å². The third-order valence-corrected chi connectivity index (χ3v) is 5.49. The van der Waals surface area contributed by atoms with Crippen LogP contribution in [0.2, 0.25) is 0 Å². The number of nitrogens with one attached hydrogen (secondary N) is 1. The van der Waals surface area contributed by atoms with E-state index in [0.717, 1.165) is 45.7 Å². The van der Waals surface area contributed by atoms with E-state index >= 15 is 0 Å². The average molecular weight is 319 g/mol. The molecule has 0 radical (unpaired) electrons. The Morgan fingerprint density at radius 2 is 2.17 bits per heavy atom. The first-order valence-corrected chi connectivity index (χ1v) is 8.86. The Balaban J connectivity index is 1.66. The minimum atomic E-state index is 0.0506. The molecule has 1 unspecified atom stereocenters. The van der Waals surface area contributed by atoms with Crippen LogP contribution in [0.5, 0.6) is 0 Å². The van der Waals surface area contributed by atoms with Crippen molar-refractivity contribution in [1.82, 2.24) is 24.9 Å². The minimum Gasteiger partial charge on any atom is -0.341 e. The molecule has 1 aromatic rings. The van der Waals surface area contributed by atoms with Crippen molar-refractivity contribution < 1.29 is 4.79 Å². The first kappa shape index (κ1) is 16.5. The Kier molecular flexibility index (Phi) is 5.02. The highest BCUT2D eigenvalue weighted by atomic mass is 16.2. The maximum Gasteiger partial charge on any atom is 0.227 e. The lowest BCUT2D eigenvalue weighted by atomic mass is 9.90. The maximum atomic E-state index is 13.0. The third kappa shape index (κ3) is 3.28. The van der Waals surface area contributed by atoms with Gasteiger partial charge in [0.1, 0.15) is 0 Å². The quantitative estimate of drug-likeness (QED) is 0.866. The molecular weight excluding hydrogens is 290 g/mol. The summed E-state index contributed by atoms with van der Waals surface area (Å²) in [5.74, 6) is 0.622. The number of hydrogen-bond acceptors (Lipinski definition) is 4. The monoisotopic (exact) mass is 319 g/mol. The van der Waals surface area contributed by atoms with Gasteiger partial charge in [0.05, 0.1) is 12.1 Å². The lowest BCUT2D eigenvalue weighted by molar-refractivity contribution is -0.134. The molecule has 2 fully saturated rings. The van der Waals surface area contributed by atoms with Crippen LogP contribution in [-0.4, -0.2) is 70.8 Å². The molecule has 1 aromatic heterocycles. The number of aryl methyl sites for hydroxylation is 1. The standard InChI is InChI=1S/C17H29N5O/c1-4-21(5-2)14-6-7-22(12-14)17(23)16-10-18-9-15(16)13-8-19-20(3)11-13/h8,11,14-16,18H,4-7,9-10,12H2,1-3H3/t14?,15-,16+/m1/s1. The Morgan fingerprint density at radius 1 is 1.39 bits per heavy atom. The Bertz CT molecular complexity index is 539. The first-order chi connectivity index (χ1) is 11.1. The fourth-order valence-corrected chi connectivity index (χ4v) is 4.13. The summed E-state index contributed by atoms with van der Waals surface area (Å²) in [7, 11) is 1.93. The van der Waals surface area contributed by atoms with Crippen molar-refractivity contribution in [1.29, 1.82) is 0 Å². The van der Waals surface area contributed by atoms with Crippen LogP contribution < -0.4 is 5.32 Å². The molecule has 3 heterocycles. The second-order valence-electron chi connectivity index (χ2n) is 6.77. The first-order valence-electron chi connectivity index (χ1n) is 8.86. The van der Waals surface area contributed by atoms with Crippen molar-refractivity contribution in [2.24, 2.45) is 13.0 Å². The molecule has 1 amide bonds. The number of carbonyl (C=O) groups is 1. The van der Waals surface area contributed by atoms with Gasteiger partial charge < -0.3 is 10.2 Å². The largest absolute Gasteiger partial charge is 0.341 e. The van der Waals surface area contributed by atoms with E-state index in [1.165, 1.54) is 5.56 Å². The SMILES string of the molecule is CCN(CC)C1CCN(C(=O)[C@H]2CNC[C@@H]2c2cnn(C)c2)C1. The summed E-state index contributed by atoms with van der Waals surface area (Å²) in [6.45, 7) is 9.97. The summed E-state index contributed by atoms with van der Waals surface area (Å²) >= 11 is 0. The van der Waals surface area contributed by atoms with E-state index in [0.29, 0.717) is 11.9 Å². The van der Waals surface area contributed by atoms with Crippen LogP contribution in [0.15, 0.2) is 12.4 Å². The van der Waals surface area contributed by atoms with Gasteiger partial charge in [-0.1, -0.05) is 13.8 Å². The van der Waals surface area contributed by atoms with Crippen LogP contribution >= 0.6 is 0 Å². The normalized spacial score (nSPS) is 28.0. The van der Waals surface area contributed by atoms with E-state index in [-0.39, 0.29) is 11.8 Å². The van der Waals surface area contributed by atoms with Gasteiger partial charge >= 0.3 is 0 Å². The number of hydrogen-bond donors (Lipinski definition) is 1. The van der Waals surface area contributed by atoms with Crippen LogP contribution in [0.4, 0.5) is 0 Å². The van der Waals surface area contributed by atoms with E-state index in [1.54, 1.807) is 0 Å². The molecule has 23 heavy (non-hydrogen) atoms. The van der Waals surface area contributed by atoms with Crippen LogP contribution in [0.25, 0.3) is 0 Å². The molecule has 2 saturated heterocycles. The Hall–Kier alpha value is -1.40. The predicted octanol–water partition coefficient (Wildman–Crippen LogP) is 0.666. The fourth-order valence-electron chi connectivity index (χ4n) is 4.13. The maximum absolute atomic E-state index is 13.0. The highest BCUT2D eigenvalue weighted by molar-refractivity contribution is 5.81. The van der Waals surface area contributed by atoms with Gasteiger partial charge in [0, 0.05) is 51.4 Å². The zero-order chi connectivity index (χ0) is 16.4. The van der Waals surface area contributed by atoms with Gasteiger partial charge in [-0.3, -0.25) is 14.4 Å². The molecule has 6 nitrogen and oxygen atoms in total. The molecule has 2 aliphatic rings. The van der Waals surface area contributed by atoms with E-state index in [2.05, 4.69) is 34.1 Å². The van der Waals surface area contributed by atoms with Gasteiger partial charge in [-0.15, -0.1) is 0 Å². The van der Waals surface area contributed by atoms with E-state index in [4.69, 9.17) is 0 Å². The smallest absolute Gasteiger partial charge is 0.227 e. The number of nitrogens with zero attached hydrogens (tertiary/aromatic N) is 4. The second-order valence-corrected chi connectivity index (χ2v) is 6.77. The molecule has 1 N–H and O–H groups in total. The highest BCUT2D eigenvalue weighted by Crippen LogP contribution is 2.30. The van der Waals surface area contributed by atoms with E-state index in [1.807, 2.05) is 24.1 Å². The summed E-state index contributed by atoms with van der Waals surface area (Å²) in [6.07, 6.45) is 5.05. The van der Waals surface area contributed by atoms with Crippen LogP contribution in [-0.2, 0) is 11.8 Å². The highest BCUT2D eigenvalue weighted by Gasteiger charge is 2.39. The average Bonchev–Trinajstić information content (AvgIpc) is 3.27. The van der Waals surface area contributed by atoms with E-state index < -0.39 is 0 Å². The summed E-state index contributed by atoms with van der Waals surface area (Å²) in [6, 6.07) is 0.528. The molecule has 0 spiro atoms. The summed E-state index contributed by atoms with van der Waals surface area (Å²) < 4.78 is 1.82. The summed E-state index contributed by atoms with van der Waals surface area (Å²) in [5, 5.41) is 7.66. The van der Waals surface area contributed by atoms with Gasteiger partial charge in [0.25, 0.3) is 0 Å². The molecule has 0 bridgehead atoms. The van der Waals surface area contributed by atoms with Crippen molar-refractivity contribution >= 4 is 5.91 Å². The van der Waals surface area contributed by atoms with Crippen LogP contribution in [0.1, 0.15) is 31.7 Å². The van der Waals surface area contributed by atoms with Gasteiger partial charge in [0.15, 0.2) is 0 Å². The van der Waals surface area contributed by atoms with Gasteiger partial charge in [0.2, 0.25) is 5.91 Å². The molecule has 6 heteroatoms. The zero-order valence-electron chi connectivity index (χ0n) is 14.5. The molecule has 128 valence electrons. The van der Waals surface area contributed by atoms with Crippen molar-refractivity contribution in [3.05, 3.63) is 18.0 Å². The molecule has 2 aliphatic heterocycles. The van der Waals surface area contributed by atoms with Crippen molar-refractivity contribution in [2.45, 2.75) is 32.2 Å². The lowest BCUT2D eigenvalue weighted by Gasteiger charge is -2.27. The number of rotatable bonds is 5. The van der Waals surface area contributed by atoms with Crippen LogP contribution in [0, 0.1) is 5.92 Å². The third-order valence-electron chi connectivity index (χ3n) is 5.49. The Morgan fingerprint density at radius 3 is 2.83 bits per heavy atom. The molecule has 3 atom stereocenters. The number of likely N-dealkylation sites (N-methyl/N-ethyl adjacent to an activating group) is 1. The van der Waals surface area contributed by atoms with Gasteiger partial charge in [-0.05, 0) is 25.1 Å². The molecule has 0 aromatic carbocycles. The topological polar surface area (TPSA) is 53.4 Å². The second kappa shape index (κ2) is 7.01. The predicted molar refractivity (Wildman–Crippen MR) is 90.2 cm³/mol. The minimum absolute atomic E-state index is 0.0506. The fraction of sp³-hybridized carbons (Fsp3) is 0.765. The zero-order valence-corrected chi connectivity index (χ0v) is 14.5. The summed E-state index contributed by atoms with van der Waals surface area (Å²) in [4.78, 5) is 17.6. The summed E-state index contributed by atoms with van der Waals surface area (Å²) in [5.41, 5.74) is 1.18. The molecular formula is C17H29N5O. The lowest BCUT2D eigenvalue weighted by Crippen LogP contribution is -2.41. The van der Waals surface area contributed by atoms with Crippen molar-refractivity contribution in [2.75, 3.05) is 39.3 Å². The van der Waals surface area contributed by atoms with Crippen molar-refractivity contribution in [3.8, 4) is 0 Å².